The Hall–Kier alpha value is -2.79. The van der Waals surface area contributed by atoms with Gasteiger partial charge in [0.05, 0.1) is 0 Å². The van der Waals surface area contributed by atoms with Crippen LogP contribution in [-0.2, 0) is 0 Å². The third-order valence-corrected chi connectivity index (χ3v) is 4.39. The lowest BCUT2D eigenvalue weighted by molar-refractivity contribution is 0.479. The van der Waals surface area contributed by atoms with E-state index in [4.69, 9.17) is 0 Å². The van der Waals surface area contributed by atoms with Crippen molar-refractivity contribution in [3.8, 4) is 39.1 Å². The Bertz CT molecular complexity index is 920. The van der Waals surface area contributed by atoms with Crippen LogP contribution in [0.25, 0.3) is 33.4 Å². The highest BCUT2D eigenvalue weighted by Crippen LogP contribution is 2.41. The fourth-order valence-electron chi connectivity index (χ4n) is 3.11. The highest BCUT2D eigenvalue weighted by molar-refractivity contribution is 5.87. The molecule has 26 heavy (non-hydrogen) atoms. The summed E-state index contributed by atoms with van der Waals surface area (Å²) < 4.78 is 0. The summed E-state index contributed by atoms with van der Waals surface area (Å²) in [4.78, 5) is 0. The van der Waals surface area contributed by atoms with Gasteiger partial charge in [0.25, 0.3) is 0 Å². The lowest BCUT2D eigenvalue weighted by Crippen LogP contribution is -1.88. The Balaban J connectivity index is 0.00000196. The van der Waals surface area contributed by atoms with Gasteiger partial charge in [0.1, 0.15) is 5.75 Å². The fourth-order valence-corrected chi connectivity index (χ4v) is 3.11. The maximum absolute atomic E-state index is 11.0. The minimum atomic E-state index is 0. The van der Waals surface area contributed by atoms with E-state index in [9.17, 15) is 5.11 Å². The topological polar surface area (TPSA) is 20.2 Å². The number of phenolic OH excluding ortho intramolecular Hbond substituents is 1. The molecule has 0 unspecified atom stereocenters. The van der Waals surface area contributed by atoms with Gasteiger partial charge in [-0.25, -0.2) is 0 Å². The van der Waals surface area contributed by atoms with Crippen molar-refractivity contribution in [3.63, 3.8) is 0 Å². The van der Waals surface area contributed by atoms with Crippen molar-refractivity contribution >= 4 is 17.4 Å². The molecule has 0 saturated carbocycles. The molecule has 0 heterocycles. The van der Waals surface area contributed by atoms with Gasteiger partial charge in [0.15, 0.2) is 17.4 Å². The number of phenols is 1. The third-order valence-electron chi connectivity index (χ3n) is 4.39. The van der Waals surface area contributed by atoms with Gasteiger partial charge < -0.3 is 5.11 Å². The molecule has 0 spiro atoms. The predicted octanol–water partition coefficient (Wildman–Crippen LogP) is 5.21. The van der Waals surface area contributed by atoms with Crippen LogP contribution < -0.4 is 0 Å². The molecule has 0 amide bonds. The first-order chi connectivity index (χ1) is 12.3. The first-order valence-corrected chi connectivity index (χ1v) is 8.36. The van der Waals surface area contributed by atoms with Gasteiger partial charge in [-0.05, 0) is 34.4 Å². The van der Waals surface area contributed by atoms with Crippen molar-refractivity contribution in [2.45, 2.75) is 0 Å². The van der Waals surface area contributed by atoms with Gasteiger partial charge >= 0.3 is 0 Å². The second-order valence-corrected chi connectivity index (χ2v) is 6.02. The molecule has 0 aliphatic heterocycles. The summed E-state index contributed by atoms with van der Waals surface area (Å²) in [5.41, 5.74) is 5.94. The summed E-state index contributed by atoms with van der Waals surface area (Å²) in [6.07, 6.45) is 0. The van der Waals surface area contributed by atoms with E-state index in [1.54, 1.807) is 0 Å². The molecule has 1 N–H and O–H groups in total. The molecule has 0 atom stereocenters. The first-order valence-electron chi connectivity index (χ1n) is 8.36. The van der Waals surface area contributed by atoms with Crippen LogP contribution in [0.4, 0.5) is 0 Å². The number of hydrogen-bond donors (Lipinski definition) is 1. The lowest BCUT2D eigenvalue weighted by atomic mass is 9.92. The highest BCUT2D eigenvalue weighted by atomic mass is 27.0. The Labute approximate surface area is 164 Å². The number of hydrogen-bond acceptors (Lipinski definition) is 1. The van der Waals surface area contributed by atoms with Crippen LogP contribution in [-0.4, -0.2) is 22.5 Å². The van der Waals surface area contributed by atoms with Crippen LogP contribution in [0.5, 0.6) is 5.75 Å². The third kappa shape index (κ3) is 3.58. The van der Waals surface area contributed by atoms with E-state index in [2.05, 4.69) is 24.3 Å². The van der Waals surface area contributed by atoms with Crippen LogP contribution in [0, 0.1) is 0 Å². The van der Waals surface area contributed by atoms with Crippen LogP contribution in [0.1, 0.15) is 0 Å². The lowest BCUT2D eigenvalue weighted by Gasteiger charge is -2.14. The molecule has 0 aliphatic rings. The summed E-state index contributed by atoms with van der Waals surface area (Å²) in [5.74, 6) is 0.317. The Morgan fingerprint density at radius 1 is 0.423 bits per heavy atom. The number of rotatable bonds is 3. The number of aromatic hydroxyl groups is 1. The molecule has 0 radical (unpaired) electrons. The molecule has 4 aromatic carbocycles. The average molecular weight is 352 g/mol. The van der Waals surface area contributed by atoms with E-state index >= 15 is 0 Å². The van der Waals surface area contributed by atoms with E-state index in [0.29, 0.717) is 5.75 Å². The molecule has 126 valence electrons. The maximum atomic E-state index is 11.0. The minimum absolute atomic E-state index is 0. The van der Waals surface area contributed by atoms with Crippen LogP contribution >= 0.6 is 0 Å². The number of benzene rings is 4. The average Bonchev–Trinajstić information content (AvgIpc) is 2.70. The van der Waals surface area contributed by atoms with Crippen LogP contribution in [0.3, 0.4) is 0 Å². The van der Waals surface area contributed by atoms with Gasteiger partial charge in [0.2, 0.25) is 0 Å². The van der Waals surface area contributed by atoms with Gasteiger partial charge in [-0.2, -0.15) is 0 Å². The van der Waals surface area contributed by atoms with Crippen molar-refractivity contribution in [2.24, 2.45) is 0 Å². The summed E-state index contributed by atoms with van der Waals surface area (Å²) >= 11 is 0. The Kier molecular flexibility index (Phi) is 5.59. The Morgan fingerprint density at radius 2 is 0.769 bits per heavy atom. The molecule has 0 fully saturated rings. The smallest absolute Gasteiger partial charge is 0.187 e. The quantitative estimate of drug-likeness (QED) is 0.502. The summed E-state index contributed by atoms with van der Waals surface area (Å²) in [6, 6.07) is 34.4. The monoisotopic (exact) mass is 352 g/mol. The molecule has 0 saturated heterocycles. The zero-order valence-electron chi connectivity index (χ0n) is 13.8. The molecular weight excluding hydrogens is 331 g/mol. The van der Waals surface area contributed by atoms with Gasteiger partial charge in [-0.1, -0.05) is 91.0 Å². The van der Waals surface area contributed by atoms with E-state index in [-0.39, 0.29) is 17.4 Å². The summed E-state index contributed by atoms with van der Waals surface area (Å²) in [7, 11) is 0. The molecule has 0 bridgehead atoms. The van der Waals surface area contributed by atoms with Crippen LogP contribution in [0.2, 0.25) is 0 Å². The molecule has 0 aliphatic carbocycles. The van der Waals surface area contributed by atoms with Crippen molar-refractivity contribution in [3.05, 3.63) is 103 Å². The van der Waals surface area contributed by atoms with Crippen molar-refractivity contribution < 1.29 is 5.11 Å². The van der Waals surface area contributed by atoms with Crippen molar-refractivity contribution in [1.29, 1.82) is 0 Å². The second kappa shape index (κ2) is 8.06. The maximum Gasteiger partial charge on any atom is 0.187 e. The fraction of sp³-hybridized carbons (Fsp3) is 0. The van der Waals surface area contributed by atoms with E-state index in [0.717, 1.165) is 33.4 Å². The predicted molar refractivity (Wildman–Crippen MR) is 114 cm³/mol. The highest BCUT2D eigenvalue weighted by Gasteiger charge is 2.14. The molecule has 4 rings (SSSR count). The molecule has 2 heteroatoms. The molecule has 0 aromatic heterocycles. The van der Waals surface area contributed by atoms with Crippen LogP contribution in [0.15, 0.2) is 103 Å². The standard InChI is InChI=1S/C24H18O.Al.3H/c25-24-22(19-12-6-2-7-13-19)16-21(18-10-4-1-5-11-18)17-23(24)20-14-8-3-9-15-20;;;;/h1-17,25H;;;;. The summed E-state index contributed by atoms with van der Waals surface area (Å²) in [6.45, 7) is 0. The van der Waals surface area contributed by atoms with Gasteiger partial charge in [0, 0.05) is 11.1 Å². The molecular formula is C24H21AlO. The molecule has 4 aromatic rings. The first kappa shape index (κ1) is 18.0. The van der Waals surface area contributed by atoms with E-state index in [1.807, 2.05) is 78.9 Å². The van der Waals surface area contributed by atoms with Crippen molar-refractivity contribution in [2.75, 3.05) is 0 Å². The zero-order valence-corrected chi connectivity index (χ0v) is 13.8. The van der Waals surface area contributed by atoms with E-state index in [1.165, 1.54) is 0 Å². The zero-order chi connectivity index (χ0) is 17.1. The van der Waals surface area contributed by atoms with Crippen molar-refractivity contribution in [1.82, 2.24) is 0 Å². The Morgan fingerprint density at radius 3 is 1.15 bits per heavy atom. The second-order valence-electron chi connectivity index (χ2n) is 6.02. The van der Waals surface area contributed by atoms with Gasteiger partial charge in [-0.15, -0.1) is 0 Å². The minimum Gasteiger partial charge on any atom is -0.507 e. The SMILES string of the molecule is Oc1c(-c2ccccc2)cc(-c2ccccc2)cc1-c1ccccc1.[AlH3]. The van der Waals surface area contributed by atoms with Gasteiger partial charge in [-0.3, -0.25) is 0 Å². The molecule has 1 nitrogen and oxygen atoms in total. The normalized spacial score (nSPS) is 10.2. The van der Waals surface area contributed by atoms with E-state index < -0.39 is 0 Å². The summed E-state index contributed by atoms with van der Waals surface area (Å²) in [5, 5.41) is 11.0. The largest absolute Gasteiger partial charge is 0.507 e.